The van der Waals surface area contributed by atoms with Gasteiger partial charge >= 0.3 is 0 Å². The van der Waals surface area contributed by atoms with Crippen LogP contribution in [0.5, 0.6) is 0 Å². The van der Waals surface area contributed by atoms with Crippen LogP contribution < -0.4 is 5.32 Å². The van der Waals surface area contributed by atoms with Gasteiger partial charge in [0, 0.05) is 44.3 Å². The lowest BCUT2D eigenvalue weighted by molar-refractivity contribution is -0.138. The minimum Gasteiger partial charge on any atom is -0.340 e. The van der Waals surface area contributed by atoms with Crippen molar-refractivity contribution < 1.29 is 14.0 Å². The van der Waals surface area contributed by atoms with Gasteiger partial charge in [0.25, 0.3) is 5.91 Å². The third-order valence-corrected chi connectivity index (χ3v) is 4.83. The molecule has 2 amide bonds. The first-order valence-corrected chi connectivity index (χ1v) is 8.61. The van der Waals surface area contributed by atoms with Crippen LogP contribution in [0, 0.1) is 11.7 Å². The Hall–Kier alpha value is -1.95. The number of nitrogens with one attached hydrogen (secondary N) is 1. The molecule has 0 spiro atoms. The van der Waals surface area contributed by atoms with E-state index in [4.69, 9.17) is 0 Å². The van der Waals surface area contributed by atoms with Crippen molar-refractivity contribution in [3.05, 3.63) is 35.6 Å². The molecular formula is C18H24FN3O2. The van der Waals surface area contributed by atoms with Crippen molar-refractivity contribution >= 4 is 11.8 Å². The number of benzene rings is 1. The predicted molar refractivity (Wildman–Crippen MR) is 89.1 cm³/mol. The number of hydrogen-bond acceptors (Lipinski definition) is 3. The molecule has 6 heteroatoms. The molecule has 2 unspecified atom stereocenters. The van der Waals surface area contributed by atoms with E-state index in [2.05, 4.69) is 12.2 Å². The van der Waals surface area contributed by atoms with E-state index in [0.29, 0.717) is 24.7 Å². The van der Waals surface area contributed by atoms with Crippen LogP contribution in [0.2, 0.25) is 0 Å². The maximum Gasteiger partial charge on any atom is 0.253 e. The Balaban J connectivity index is 1.64. The Kier molecular flexibility index (Phi) is 5.14. The second kappa shape index (κ2) is 7.30. The van der Waals surface area contributed by atoms with Gasteiger partial charge in [-0.3, -0.25) is 9.59 Å². The summed E-state index contributed by atoms with van der Waals surface area (Å²) in [6.07, 6.45) is 1.65. The molecule has 0 radical (unpaired) electrons. The number of carbonyl (C=O) groups is 2. The highest BCUT2D eigenvalue weighted by Gasteiger charge is 2.32. The minimum atomic E-state index is -0.355. The molecule has 2 aliphatic rings. The molecule has 2 fully saturated rings. The van der Waals surface area contributed by atoms with E-state index in [-0.39, 0.29) is 23.5 Å². The van der Waals surface area contributed by atoms with Crippen molar-refractivity contribution in [2.45, 2.75) is 25.8 Å². The summed E-state index contributed by atoms with van der Waals surface area (Å²) in [6, 6.07) is 5.90. The Morgan fingerprint density at radius 2 is 1.88 bits per heavy atom. The SMILES string of the molecule is CC1CN(C(=O)C2CCCN(C(=O)c3ccc(F)cc3)C2)CCN1. The third-order valence-electron chi connectivity index (χ3n) is 4.83. The maximum atomic E-state index is 13.0. The number of piperazine rings is 1. The molecule has 24 heavy (non-hydrogen) atoms. The van der Waals surface area contributed by atoms with Gasteiger partial charge in [-0.05, 0) is 44.0 Å². The third kappa shape index (κ3) is 3.75. The molecule has 5 nitrogen and oxygen atoms in total. The van der Waals surface area contributed by atoms with Crippen LogP contribution in [-0.4, -0.2) is 60.4 Å². The van der Waals surface area contributed by atoms with E-state index in [1.807, 2.05) is 4.90 Å². The van der Waals surface area contributed by atoms with Crippen LogP contribution in [0.15, 0.2) is 24.3 Å². The summed E-state index contributed by atoms with van der Waals surface area (Å²) in [5.41, 5.74) is 0.472. The number of hydrogen-bond donors (Lipinski definition) is 1. The van der Waals surface area contributed by atoms with Gasteiger partial charge in [0.2, 0.25) is 5.91 Å². The summed E-state index contributed by atoms with van der Waals surface area (Å²) in [4.78, 5) is 29.0. The van der Waals surface area contributed by atoms with Gasteiger partial charge in [-0.2, -0.15) is 0 Å². The average molecular weight is 333 g/mol. The zero-order chi connectivity index (χ0) is 17.1. The Labute approximate surface area is 141 Å². The number of halogens is 1. The summed E-state index contributed by atoms with van der Waals surface area (Å²) in [6.45, 7) is 5.45. The molecular weight excluding hydrogens is 309 g/mol. The van der Waals surface area contributed by atoms with Gasteiger partial charge < -0.3 is 15.1 Å². The predicted octanol–water partition coefficient (Wildman–Crippen LogP) is 1.50. The number of rotatable bonds is 2. The molecule has 1 aromatic carbocycles. The number of carbonyl (C=O) groups excluding carboxylic acids is 2. The first-order chi connectivity index (χ1) is 11.5. The van der Waals surface area contributed by atoms with Crippen LogP contribution in [0.4, 0.5) is 4.39 Å². The highest BCUT2D eigenvalue weighted by molar-refractivity contribution is 5.94. The lowest BCUT2D eigenvalue weighted by Gasteiger charge is -2.38. The molecule has 2 saturated heterocycles. The van der Waals surface area contributed by atoms with Crippen LogP contribution in [0.25, 0.3) is 0 Å². The molecule has 1 N–H and O–H groups in total. The zero-order valence-electron chi connectivity index (χ0n) is 14.0. The van der Waals surface area contributed by atoms with Crippen molar-refractivity contribution in [1.82, 2.24) is 15.1 Å². The molecule has 0 aliphatic carbocycles. The Morgan fingerprint density at radius 3 is 2.58 bits per heavy atom. The van der Waals surface area contributed by atoms with Crippen LogP contribution in [0.1, 0.15) is 30.1 Å². The Morgan fingerprint density at radius 1 is 1.12 bits per heavy atom. The number of piperidine rings is 1. The molecule has 2 aliphatic heterocycles. The minimum absolute atomic E-state index is 0.124. The molecule has 0 saturated carbocycles. The smallest absolute Gasteiger partial charge is 0.253 e. The summed E-state index contributed by atoms with van der Waals surface area (Å²) in [7, 11) is 0. The van der Waals surface area contributed by atoms with Crippen molar-refractivity contribution in [2.24, 2.45) is 5.92 Å². The van der Waals surface area contributed by atoms with Gasteiger partial charge in [0.05, 0.1) is 5.92 Å². The fourth-order valence-electron chi connectivity index (χ4n) is 3.53. The lowest BCUT2D eigenvalue weighted by Crippen LogP contribution is -2.54. The van der Waals surface area contributed by atoms with Gasteiger partial charge in [-0.15, -0.1) is 0 Å². The fourth-order valence-corrected chi connectivity index (χ4v) is 3.53. The molecule has 1 aromatic rings. The van der Waals surface area contributed by atoms with Gasteiger partial charge in [0.15, 0.2) is 0 Å². The number of likely N-dealkylation sites (tertiary alicyclic amines) is 1. The van der Waals surface area contributed by atoms with Crippen molar-refractivity contribution in [1.29, 1.82) is 0 Å². The van der Waals surface area contributed by atoms with Crippen LogP contribution in [-0.2, 0) is 4.79 Å². The summed E-state index contributed by atoms with van der Waals surface area (Å²) >= 11 is 0. The van der Waals surface area contributed by atoms with E-state index >= 15 is 0 Å². The molecule has 0 bridgehead atoms. The number of nitrogens with zero attached hydrogens (tertiary/aromatic N) is 2. The standard InChI is InChI=1S/C18H24FN3O2/c1-13-11-22(10-8-20-13)18(24)15-3-2-9-21(12-15)17(23)14-4-6-16(19)7-5-14/h4-7,13,15,20H,2-3,8-12H2,1H3. The van der Waals surface area contributed by atoms with Crippen LogP contribution >= 0.6 is 0 Å². The maximum absolute atomic E-state index is 13.0. The highest BCUT2D eigenvalue weighted by atomic mass is 19.1. The average Bonchev–Trinajstić information content (AvgIpc) is 2.61. The number of amides is 2. The highest BCUT2D eigenvalue weighted by Crippen LogP contribution is 2.21. The monoisotopic (exact) mass is 333 g/mol. The van der Waals surface area contributed by atoms with Crippen molar-refractivity contribution in [3.8, 4) is 0 Å². The van der Waals surface area contributed by atoms with E-state index in [0.717, 1.165) is 32.5 Å². The molecule has 2 heterocycles. The largest absolute Gasteiger partial charge is 0.340 e. The second-order valence-electron chi connectivity index (χ2n) is 6.74. The van der Waals surface area contributed by atoms with Gasteiger partial charge in [-0.1, -0.05) is 0 Å². The first-order valence-electron chi connectivity index (χ1n) is 8.61. The van der Waals surface area contributed by atoms with Crippen molar-refractivity contribution in [3.63, 3.8) is 0 Å². The lowest BCUT2D eigenvalue weighted by atomic mass is 9.95. The fraction of sp³-hybridized carbons (Fsp3) is 0.556. The molecule has 2 atom stereocenters. The van der Waals surface area contributed by atoms with E-state index in [9.17, 15) is 14.0 Å². The Bertz CT molecular complexity index is 605. The second-order valence-corrected chi connectivity index (χ2v) is 6.74. The first kappa shape index (κ1) is 16.9. The summed E-state index contributed by atoms with van der Waals surface area (Å²) < 4.78 is 13.0. The molecule has 3 rings (SSSR count). The van der Waals surface area contributed by atoms with Gasteiger partial charge in [0.1, 0.15) is 5.82 Å². The van der Waals surface area contributed by atoms with Gasteiger partial charge in [-0.25, -0.2) is 4.39 Å². The molecule has 130 valence electrons. The van der Waals surface area contributed by atoms with Crippen molar-refractivity contribution in [2.75, 3.05) is 32.7 Å². The quantitative estimate of drug-likeness (QED) is 0.892. The van der Waals surface area contributed by atoms with E-state index in [1.165, 1.54) is 24.3 Å². The summed E-state index contributed by atoms with van der Waals surface area (Å²) in [5.74, 6) is -0.458. The van der Waals surface area contributed by atoms with E-state index < -0.39 is 0 Å². The topological polar surface area (TPSA) is 52.7 Å². The zero-order valence-corrected chi connectivity index (χ0v) is 14.0. The van der Waals surface area contributed by atoms with E-state index in [1.54, 1.807) is 4.90 Å². The van der Waals surface area contributed by atoms with Crippen LogP contribution in [0.3, 0.4) is 0 Å². The summed E-state index contributed by atoms with van der Waals surface area (Å²) in [5, 5.41) is 3.33. The normalized spacial score (nSPS) is 24.8. The molecule has 0 aromatic heterocycles.